The van der Waals surface area contributed by atoms with Gasteiger partial charge in [-0.15, -0.1) is 0 Å². The lowest BCUT2D eigenvalue weighted by Gasteiger charge is -2.12. The molecule has 0 saturated heterocycles. The molecule has 0 bridgehead atoms. The number of cyclic esters (lactones) is 1. The molecule has 0 aliphatic carbocycles. The van der Waals surface area contributed by atoms with Gasteiger partial charge in [0, 0.05) is 5.56 Å². The second-order valence-electron chi connectivity index (χ2n) is 4.49. The van der Waals surface area contributed by atoms with Crippen molar-refractivity contribution >= 4 is 5.97 Å². The first-order valence-corrected chi connectivity index (χ1v) is 5.94. The van der Waals surface area contributed by atoms with Crippen LogP contribution in [0, 0.1) is 0 Å². The molecule has 20 heavy (non-hydrogen) atoms. The van der Waals surface area contributed by atoms with Gasteiger partial charge in [-0.05, 0) is 23.8 Å². The van der Waals surface area contributed by atoms with Crippen LogP contribution in [0.1, 0.15) is 33.2 Å². The summed E-state index contributed by atoms with van der Waals surface area (Å²) in [6.07, 6.45) is -5.01. The van der Waals surface area contributed by atoms with Gasteiger partial charge >= 0.3 is 12.1 Å². The predicted molar refractivity (Wildman–Crippen MR) is 65.1 cm³/mol. The Morgan fingerprint density at radius 1 is 0.950 bits per heavy atom. The Labute approximate surface area is 112 Å². The summed E-state index contributed by atoms with van der Waals surface area (Å²) in [5.41, 5.74) is 0.935. The highest BCUT2D eigenvalue weighted by Gasteiger charge is 2.33. The van der Waals surface area contributed by atoms with E-state index in [1.54, 1.807) is 24.3 Å². The molecule has 0 N–H and O–H groups in total. The molecule has 1 atom stereocenters. The van der Waals surface area contributed by atoms with Gasteiger partial charge in [-0.3, -0.25) is 0 Å². The molecular formula is C15H9F3O2. The number of alkyl halides is 3. The van der Waals surface area contributed by atoms with Crippen LogP contribution in [0.5, 0.6) is 0 Å². The second-order valence-corrected chi connectivity index (χ2v) is 4.49. The second kappa shape index (κ2) is 4.37. The molecule has 5 heteroatoms. The Hall–Kier alpha value is -2.30. The largest absolute Gasteiger partial charge is 0.449 e. The third kappa shape index (κ3) is 2.05. The number of ether oxygens (including phenoxy) is 1. The molecule has 2 aromatic carbocycles. The molecule has 0 aromatic heterocycles. The number of hydrogen-bond acceptors (Lipinski definition) is 2. The van der Waals surface area contributed by atoms with Gasteiger partial charge in [0.1, 0.15) is 0 Å². The summed E-state index contributed by atoms with van der Waals surface area (Å²) in [7, 11) is 0. The minimum Gasteiger partial charge on any atom is -0.449 e. The summed E-state index contributed by atoms with van der Waals surface area (Å²) < 4.78 is 42.8. The average Bonchev–Trinajstić information content (AvgIpc) is 2.76. The van der Waals surface area contributed by atoms with Crippen molar-refractivity contribution < 1.29 is 22.7 Å². The van der Waals surface area contributed by atoms with Gasteiger partial charge in [-0.25, -0.2) is 4.79 Å². The predicted octanol–water partition coefficient (Wildman–Crippen LogP) is 3.97. The van der Waals surface area contributed by atoms with E-state index in [0.717, 1.165) is 12.1 Å². The third-order valence-electron chi connectivity index (χ3n) is 3.23. The highest BCUT2D eigenvalue weighted by Crippen LogP contribution is 2.37. The first kappa shape index (κ1) is 12.7. The molecule has 1 heterocycles. The van der Waals surface area contributed by atoms with Crippen LogP contribution in [-0.2, 0) is 10.9 Å². The maximum atomic E-state index is 12.5. The van der Waals surface area contributed by atoms with Crippen molar-refractivity contribution in [2.45, 2.75) is 12.3 Å². The van der Waals surface area contributed by atoms with Crippen LogP contribution in [0.2, 0.25) is 0 Å². The van der Waals surface area contributed by atoms with Gasteiger partial charge in [-0.2, -0.15) is 13.2 Å². The number of fused-ring (bicyclic) bond motifs is 1. The Morgan fingerprint density at radius 2 is 1.60 bits per heavy atom. The number of esters is 1. The number of halogens is 3. The lowest BCUT2D eigenvalue weighted by molar-refractivity contribution is -0.137. The highest BCUT2D eigenvalue weighted by atomic mass is 19.4. The van der Waals surface area contributed by atoms with E-state index in [0.29, 0.717) is 16.7 Å². The van der Waals surface area contributed by atoms with Gasteiger partial charge in [-0.1, -0.05) is 30.3 Å². The van der Waals surface area contributed by atoms with E-state index in [2.05, 4.69) is 0 Å². The number of rotatable bonds is 1. The molecule has 1 unspecified atom stereocenters. The van der Waals surface area contributed by atoms with E-state index in [-0.39, 0.29) is 0 Å². The average molecular weight is 278 g/mol. The molecule has 0 amide bonds. The summed E-state index contributed by atoms with van der Waals surface area (Å²) in [6, 6.07) is 11.5. The molecule has 1 aliphatic rings. The maximum absolute atomic E-state index is 12.5. The van der Waals surface area contributed by atoms with Crippen molar-refractivity contribution in [2.24, 2.45) is 0 Å². The maximum Gasteiger partial charge on any atom is 0.416 e. The Morgan fingerprint density at radius 3 is 2.25 bits per heavy atom. The molecule has 0 spiro atoms. The fourth-order valence-electron chi connectivity index (χ4n) is 2.24. The van der Waals surface area contributed by atoms with Gasteiger partial charge in [0.05, 0.1) is 11.1 Å². The summed E-state index contributed by atoms with van der Waals surface area (Å²) in [5, 5.41) is 0. The van der Waals surface area contributed by atoms with Crippen molar-refractivity contribution in [3.8, 4) is 0 Å². The fraction of sp³-hybridized carbons (Fsp3) is 0.133. The smallest absolute Gasteiger partial charge is 0.416 e. The minimum atomic E-state index is -4.37. The molecule has 0 radical (unpaired) electrons. The minimum absolute atomic E-state index is 0.453. The molecule has 1 aliphatic heterocycles. The van der Waals surface area contributed by atoms with Crippen LogP contribution >= 0.6 is 0 Å². The van der Waals surface area contributed by atoms with E-state index < -0.39 is 23.8 Å². The van der Waals surface area contributed by atoms with Crippen molar-refractivity contribution in [3.05, 3.63) is 70.8 Å². The normalized spacial score (nSPS) is 17.8. The SMILES string of the molecule is O=C1OC(c2ccc(C(F)(F)F)cc2)c2ccccc21. The summed E-state index contributed by atoms with van der Waals surface area (Å²) in [5.74, 6) is -0.453. The van der Waals surface area contributed by atoms with Crippen molar-refractivity contribution in [2.75, 3.05) is 0 Å². The Balaban J connectivity index is 1.97. The molecule has 3 rings (SSSR count). The summed E-state index contributed by atoms with van der Waals surface area (Å²) in [6.45, 7) is 0. The van der Waals surface area contributed by atoms with Crippen LogP contribution in [0.25, 0.3) is 0 Å². The zero-order valence-corrected chi connectivity index (χ0v) is 10.1. The first-order valence-electron chi connectivity index (χ1n) is 5.94. The van der Waals surface area contributed by atoms with Crippen LogP contribution in [-0.4, -0.2) is 5.97 Å². The van der Waals surface area contributed by atoms with Crippen LogP contribution in [0.4, 0.5) is 13.2 Å². The van der Waals surface area contributed by atoms with Gasteiger partial charge in [0.25, 0.3) is 0 Å². The van der Waals surface area contributed by atoms with Gasteiger partial charge in [0.15, 0.2) is 6.10 Å². The zero-order chi connectivity index (χ0) is 14.3. The molecule has 0 saturated carbocycles. The first-order chi connectivity index (χ1) is 9.47. The van der Waals surface area contributed by atoms with Crippen LogP contribution < -0.4 is 0 Å². The zero-order valence-electron chi connectivity index (χ0n) is 10.1. The van der Waals surface area contributed by atoms with Gasteiger partial charge < -0.3 is 4.74 Å². The van der Waals surface area contributed by atoms with Gasteiger partial charge in [0.2, 0.25) is 0 Å². The monoisotopic (exact) mass is 278 g/mol. The van der Waals surface area contributed by atoms with Crippen LogP contribution in [0.3, 0.4) is 0 Å². The molecule has 2 nitrogen and oxygen atoms in total. The van der Waals surface area contributed by atoms with E-state index in [1.165, 1.54) is 12.1 Å². The Kier molecular flexibility index (Phi) is 2.78. The lowest BCUT2D eigenvalue weighted by atomic mass is 9.98. The van der Waals surface area contributed by atoms with E-state index in [1.807, 2.05) is 0 Å². The lowest BCUT2D eigenvalue weighted by Crippen LogP contribution is -2.06. The summed E-state index contributed by atoms with van der Waals surface area (Å²) in [4.78, 5) is 11.7. The van der Waals surface area contributed by atoms with Crippen molar-refractivity contribution in [3.63, 3.8) is 0 Å². The Bertz CT molecular complexity index is 660. The number of benzene rings is 2. The quantitative estimate of drug-likeness (QED) is 0.738. The number of carbonyl (C=O) groups is 1. The van der Waals surface area contributed by atoms with E-state index in [4.69, 9.17) is 4.74 Å². The summed E-state index contributed by atoms with van der Waals surface area (Å²) >= 11 is 0. The van der Waals surface area contributed by atoms with Crippen molar-refractivity contribution in [1.82, 2.24) is 0 Å². The third-order valence-corrected chi connectivity index (χ3v) is 3.23. The van der Waals surface area contributed by atoms with Crippen molar-refractivity contribution in [1.29, 1.82) is 0 Å². The van der Waals surface area contributed by atoms with E-state index >= 15 is 0 Å². The highest BCUT2D eigenvalue weighted by molar-refractivity contribution is 5.94. The number of carbonyl (C=O) groups excluding carboxylic acids is 1. The molecule has 0 fully saturated rings. The number of hydrogen-bond donors (Lipinski definition) is 0. The fourth-order valence-corrected chi connectivity index (χ4v) is 2.24. The molecular weight excluding hydrogens is 269 g/mol. The molecule has 102 valence electrons. The standard InChI is InChI=1S/C15H9F3O2/c16-15(17,18)10-7-5-9(6-8-10)13-11-3-1-2-4-12(11)14(19)20-13/h1-8,13H. The molecule has 2 aromatic rings. The van der Waals surface area contributed by atoms with Crippen LogP contribution in [0.15, 0.2) is 48.5 Å². The van der Waals surface area contributed by atoms with E-state index in [9.17, 15) is 18.0 Å². The topological polar surface area (TPSA) is 26.3 Å².